The quantitative estimate of drug-likeness (QED) is 0.831. The first-order chi connectivity index (χ1) is 12.0. The first-order valence-electron chi connectivity index (χ1n) is 8.93. The number of halogens is 1. The predicted molar refractivity (Wildman–Crippen MR) is 95.9 cm³/mol. The highest BCUT2D eigenvalue weighted by Crippen LogP contribution is 2.36. The van der Waals surface area contributed by atoms with Crippen molar-refractivity contribution in [1.82, 2.24) is 15.1 Å². The molecule has 0 bridgehead atoms. The number of aromatic nitrogens is 2. The summed E-state index contributed by atoms with van der Waals surface area (Å²) in [4.78, 5) is 2.40. The molecule has 2 aromatic rings. The van der Waals surface area contributed by atoms with Gasteiger partial charge in [-0.25, -0.2) is 0 Å². The molecule has 6 heteroatoms. The largest absolute Gasteiger partial charge is 0.424 e. The lowest BCUT2D eigenvalue weighted by molar-refractivity contribution is 0.0472. The highest BCUT2D eigenvalue weighted by Gasteiger charge is 2.44. The van der Waals surface area contributed by atoms with E-state index in [9.17, 15) is 0 Å². The van der Waals surface area contributed by atoms with Crippen molar-refractivity contribution in [2.45, 2.75) is 44.6 Å². The molecule has 4 rings (SSSR count). The van der Waals surface area contributed by atoms with Gasteiger partial charge in [-0.05, 0) is 43.9 Å². The SMILES string of the molecule is Cc1c(Cl)cccc1CN1CC(C)(c2nnc(C3CCOCC3)o2)C1. The van der Waals surface area contributed by atoms with Crippen LogP contribution in [0, 0.1) is 6.92 Å². The van der Waals surface area contributed by atoms with Gasteiger partial charge in [-0.3, -0.25) is 4.90 Å². The van der Waals surface area contributed by atoms with Gasteiger partial charge in [0.15, 0.2) is 0 Å². The smallest absolute Gasteiger partial charge is 0.224 e. The first-order valence-corrected chi connectivity index (χ1v) is 9.31. The molecule has 3 heterocycles. The molecule has 0 unspecified atom stereocenters. The number of rotatable bonds is 4. The monoisotopic (exact) mass is 361 g/mol. The highest BCUT2D eigenvalue weighted by atomic mass is 35.5. The van der Waals surface area contributed by atoms with E-state index in [-0.39, 0.29) is 5.41 Å². The minimum absolute atomic E-state index is 0.0527. The molecule has 134 valence electrons. The van der Waals surface area contributed by atoms with Crippen molar-refractivity contribution in [2.75, 3.05) is 26.3 Å². The van der Waals surface area contributed by atoms with E-state index in [4.69, 9.17) is 20.8 Å². The molecule has 0 amide bonds. The standard InChI is InChI=1S/C19H24ClN3O2/c1-13-15(4-3-5-16(13)20)10-23-11-19(2,12-23)18-22-21-17(25-18)14-6-8-24-9-7-14/h3-5,14H,6-12H2,1-2H3. The molecule has 5 nitrogen and oxygen atoms in total. The maximum atomic E-state index is 6.23. The average molecular weight is 362 g/mol. The van der Waals surface area contributed by atoms with Crippen LogP contribution in [0.3, 0.4) is 0 Å². The van der Waals surface area contributed by atoms with Crippen LogP contribution in [0.1, 0.15) is 48.6 Å². The maximum absolute atomic E-state index is 6.23. The molecule has 0 N–H and O–H groups in total. The van der Waals surface area contributed by atoms with Gasteiger partial charge in [-0.1, -0.05) is 23.7 Å². The van der Waals surface area contributed by atoms with Crippen molar-refractivity contribution in [3.8, 4) is 0 Å². The summed E-state index contributed by atoms with van der Waals surface area (Å²) in [5, 5.41) is 9.50. The van der Waals surface area contributed by atoms with Crippen LogP contribution < -0.4 is 0 Å². The van der Waals surface area contributed by atoms with Crippen molar-refractivity contribution in [3.63, 3.8) is 0 Å². The van der Waals surface area contributed by atoms with Gasteiger partial charge in [0.25, 0.3) is 0 Å². The summed E-state index contributed by atoms with van der Waals surface area (Å²) >= 11 is 6.23. The topological polar surface area (TPSA) is 51.4 Å². The number of benzene rings is 1. The Labute approximate surface area is 153 Å². The molecule has 1 aromatic heterocycles. The van der Waals surface area contributed by atoms with Gasteiger partial charge in [0.05, 0.1) is 5.41 Å². The fourth-order valence-electron chi connectivity index (χ4n) is 3.84. The minimum Gasteiger partial charge on any atom is -0.424 e. The van der Waals surface area contributed by atoms with E-state index in [1.165, 1.54) is 5.56 Å². The molecule has 2 saturated heterocycles. The van der Waals surface area contributed by atoms with Crippen molar-refractivity contribution < 1.29 is 9.15 Å². The Morgan fingerprint density at radius 3 is 2.76 bits per heavy atom. The molecule has 0 atom stereocenters. The third-order valence-electron chi connectivity index (χ3n) is 5.45. The van der Waals surface area contributed by atoms with Gasteiger partial charge >= 0.3 is 0 Å². The second-order valence-corrected chi connectivity index (χ2v) is 7.97. The third-order valence-corrected chi connectivity index (χ3v) is 5.86. The normalized spacial score (nSPS) is 21.2. The van der Waals surface area contributed by atoms with Gasteiger partial charge < -0.3 is 9.15 Å². The van der Waals surface area contributed by atoms with Crippen LogP contribution in [-0.2, 0) is 16.7 Å². The van der Waals surface area contributed by atoms with Crippen molar-refractivity contribution in [1.29, 1.82) is 0 Å². The third kappa shape index (κ3) is 3.33. The Bertz CT molecular complexity index is 749. The number of ether oxygens (including phenoxy) is 1. The maximum Gasteiger partial charge on any atom is 0.224 e. The summed E-state index contributed by atoms with van der Waals surface area (Å²) < 4.78 is 11.5. The van der Waals surface area contributed by atoms with Crippen LogP contribution in [0.15, 0.2) is 22.6 Å². The van der Waals surface area contributed by atoms with Crippen LogP contribution >= 0.6 is 11.6 Å². The summed E-state index contributed by atoms with van der Waals surface area (Å²) in [6.07, 6.45) is 1.94. The predicted octanol–water partition coefficient (Wildman–Crippen LogP) is 3.70. The van der Waals surface area contributed by atoms with E-state index in [0.717, 1.165) is 68.1 Å². The molecule has 0 spiro atoms. The van der Waals surface area contributed by atoms with E-state index >= 15 is 0 Å². The summed E-state index contributed by atoms with van der Waals surface area (Å²) in [5.74, 6) is 1.90. The number of hydrogen-bond acceptors (Lipinski definition) is 5. The van der Waals surface area contributed by atoms with Gasteiger partial charge in [-0.15, -0.1) is 10.2 Å². The Morgan fingerprint density at radius 1 is 1.24 bits per heavy atom. The van der Waals surface area contributed by atoms with Gasteiger partial charge in [-0.2, -0.15) is 0 Å². The molecule has 2 fully saturated rings. The van der Waals surface area contributed by atoms with E-state index < -0.39 is 0 Å². The van der Waals surface area contributed by atoms with Gasteiger partial charge in [0.1, 0.15) is 0 Å². The van der Waals surface area contributed by atoms with Crippen LogP contribution in [0.25, 0.3) is 0 Å². The Hall–Kier alpha value is -1.43. The molecule has 2 aliphatic heterocycles. The van der Waals surface area contributed by atoms with Gasteiger partial charge in [0.2, 0.25) is 11.8 Å². The van der Waals surface area contributed by atoms with E-state index in [0.29, 0.717) is 5.92 Å². The van der Waals surface area contributed by atoms with Gasteiger partial charge in [0, 0.05) is 43.8 Å². The van der Waals surface area contributed by atoms with Crippen molar-refractivity contribution >= 4 is 11.6 Å². The summed E-state index contributed by atoms with van der Waals surface area (Å²) in [5.41, 5.74) is 2.39. The zero-order valence-electron chi connectivity index (χ0n) is 14.8. The first kappa shape index (κ1) is 17.0. The fourth-order valence-corrected chi connectivity index (χ4v) is 4.03. The molecule has 25 heavy (non-hydrogen) atoms. The molecule has 2 aliphatic rings. The Kier molecular flexibility index (Phi) is 4.56. The van der Waals surface area contributed by atoms with Crippen molar-refractivity contribution in [3.05, 3.63) is 46.1 Å². The van der Waals surface area contributed by atoms with Crippen LogP contribution in [0.5, 0.6) is 0 Å². The lowest BCUT2D eigenvalue weighted by atomic mass is 9.81. The van der Waals surface area contributed by atoms with Crippen molar-refractivity contribution in [2.24, 2.45) is 0 Å². The second kappa shape index (κ2) is 6.71. The highest BCUT2D eigenvalue weighted by molar-refractivity contribution is 6.31. The molecular weight excluding hydrogens is 338 g/mol. The van der Waals surface area contributed by atoms with E-state index in [2.05, 4.69) is 35.0 Å². The number of hydrogen-bond donors (Lipinski definition) is 0. The molecular formula is C19H24ClN3O2. The molecule has 0 aliphatic carbocycles. The number of nitrogens with zero attached hydrogens (tertiary/aromatic N) is 3. The van der Waals surface area contributed by atoms with Crippen LogP contribution in [0.4, 0.5) is 0 Å². The Morgan fingerprint density at radius 2 is 2.00 bits per heavy atom. The van der Waals surface area contributed by atoms with E-state index in [1.807, 2.05) is 12.1 Å². The minimum atomic E-state index is -0.0527. The Balaban J connectivity index is 1.40. The number of likely N-dealkylation sites (tertiary alicyclic amines) is 1. The van der Waals surface area contributed by atoms with Crippen LogP contribution in [-0.4, -0.2) is 41.4 Å². The lowest BCUT2D eigenvalue weighted by Crippen LogP contribution is -2.57. The van der Waals surface area contributed by atoms with Crippen LogP contribution in [0.2, 0.25) is 5.02 Å². The fraction of sp³-hybridized carbons (Fsp3) is 0.579. The molecule has 1 aromatic carbocycles. The zero-order valence-corrected chi connectivity index (χ0v) is 15.6. The summed E-state index contributed by atoms with van der Waals surface area (Å²) in [6, 6.07) is 6.10. The van der Waals surface area contributed by atoms with E-state index in [1.54, 1.807) is 0 Å². The zero-order chi connectivity index (χ0) is 17.4. The summed E-state index contributed by atoms with van der Waals surface area (Å²) in [6.45, 7) is 8.61. The molecule has 0 saturated carbocycles. The lowest BCUT2D eigenvalue weighted by Gasteiger charge is -2.45. The second-order valence-electron chi connectivity index (χ2n) is 7.56. The average Bonchev–Trinajstić information content (AvgIpc) is 3.09. The molecule has 0 radical (unpaired) electrons. The summed E-state index contributed by atoms with van der Waals surface area (Å²) in [7, 11) is 0.